The summed E-state index contributed by atoms with van der Waals surface area (Å²) in [5.74, 6) is 1.21. The molecule has 2 aliphatic heterocycles. The lowest BCUT2D eigenvalue weighted by Gasteiger charge is -2.30. The summed E-state index contributed by atoms with van der Waals surface area (Å²) in [5.41, 5.74) is 1.75. The molecule has 2 amide bonds. The van der Waals surface area contributed by atoms with Crippen LogP contribution in [0.2, 0.25) is 5.02 Å². The first-order valence-corrected chi connectivity index (χ1v) is 9.95. The average molecular weight is 356 g/mol. The fourth-order valence-corrected chi connectivity index (χ4v) is 4.73. The number of rotatable bonds is 3. The Hall–Kier alpha value is -1.27. The molecule has 3 rings (SSSR count). The Labute approximate surface area is 144 Å². The van der Waals surface area contributed by atoms with Gasteiger partial charge < -0.3 is 15.5 Å². The van der Waals surface area contributed by atoms with Crippen molar-refractivity contribution in [3.8, 4) is 0 Å². The van der Waals surface area contributed by atoms with Crippen molar-refractivity contribution < 1.29 is 9.00 Å². The lowest BCUT2D eigenvalue weighted by atomic mass is 10.1. The van der Waals surface area contributed by atoms with Crippen molar-refractivity contribution in [3.05, 3.63) is 23.2 Å². The molecule has 0 unspecified atom stereocenters. The van der Waals surface area contributed by atoms with Crippen LogP contribution in [-0.2, 0) is 10.8 Å². The molecule has 126 valence electrons. The molecule has 0 saturated carbocycles. The van der Waals surface area contributed by atoms with Gasteiger partial charge in [-0.3, -0.25) is 4.21 Å². The molecule has 1 aromatic carbocycles. The summed E-state index contributed by atoms with van der Waals surface area (Å²) in [7, 11) is -0.800. The van der Waals surface area contributed by atoms with Crippen molar-refractivity contribution in [2.24, 2.45) is 0 Å². The van der Waals surface area contributed by atoms with E-state index in [1.807, 2.05) is 12.1 Å². The standard InChI is InChI=1S/C16H22ClN3O2S/c17-12-4-5-15(20-7-2-1-3-8-20)14(10-12)19-16(21)18-13-6-9-23(22)11-13/h4-5,10,13H,1-3,6-9,11H2,(H2,18,19,21)/t13-,23+/m1/s1. The molecule has 2 aliphatic rings. The van der Waals surface area contributed by atoms with Gasteiger partial charge in [-0.25, -0.2) is 4.79 Å². The van der Waals surface area contributed by atoms with E-state index in [9.17, 15) is 9.00 Å². The van der Waals surface area contributed by atoms with Crippen LogP contribution in [0.1, 0.15) is 25.7 Å². The number of nitrogens with zero attached hydrogens (tertiary/aromatic N) is 1. The number of hydrogen-bond donors (Lipinski definition) is 2. The minimum absolute atomic E-state index is 0.00606. The van der Waals surface area contributed by atoms with Gasteiger partial charge in [-0.1, -0.05) is 11.6 Å². The Morgan fingerprint density at radius 2 is 2.04 bits per heavy atom. The van der Waals surface area contributed by atoms with E-state index in [2.05, 4.69) is 15.5 Å². The smallest absolute Gasteiger partial charge is 0.319 e. The number of nitrogens with one attached hydrogen (secondary N) is 2. The third kappa shape index (κ3) is 4.38. The summed E-state index contributed by atoms with van der Waals surface area (Å²) in [6.45, 7) is 2.00. The molecule has 0 spiro atoms. The summed E-state index contributed by atoms with van der Waals surface area (Å²) >= 11 is 6.10. The van der Waals surface area contributed by atoms with Crippen LogP contribution in [0.3, 0.4) is 0 Å². The van der Waals surface area contributed by atoms with Crippen LogP contribution in [-0.4, -0.2) is 40.9 Å². The highest BCUT2D eigenvalue weighted by Crippen LogP contribution is 2.31. The molecular weight excluding hydrogens is 334 g/mol. The van der Waals surface area contributed by atoms with Gasteiger partial charge in [-0.15, -0.1) is 0 Å². The maximum atomic E-state index is 12.2. The van der Waals surface area contributed by atoms with Crippen LogP contribution in [0.5, 0.6) is 0 Å². The summed E-state index contributed by atoms with van der Waals surface area (Å²) in [6, 6.07) is 5.35. The third-order valence-corrected chi connectivity index (χ3v) is 6.02. The quantitative estimate of drug-likeness (QED) is 0.876. The maximum absolute atomic E-state index is 12.2. The van der Waals surface area contributed by atoms with Gasteiger partial charge in [0.1, 0.15) is 0 Å². The van der Waals surface area contributed by atoms with Crippen LogP contribution in [0.25, 0.3) is 0 Å². The first-order chi connectivity index (χ1) is 11.1. The first kappa shape index (κ1) is 16.6. The highest BCUT2D eigenvalue weighted by molar-refractivity contribution is 7.85. The lowest BCUT2D eigenvalue weighted by Crippen LogP contribution is -2.39. The van der Waals surface area contributed by atoms with Crippen molar-refractivity contribution in [1.82, 2.24) is 5.32 Å². The van der Waals surface area contributed by atoms with Gasteiger partial charge in [0, 0.05) is 46.5 Å². The van der Waals surface area contributed by atoms with Gasteiger partial charge in [0.15, 0.2) is 0 Å². The largest absolute Gasteiger partial charge is 0.370 e. The molecule has 1 aromatic rings. The number of carbonyl (C=O) groups excluding carboxylic acids is 1. The molecule has 7 heteroatoms. The van der Waals surface area contributed by atoms with Crippen LogP contribution >= 0.6 is 11.6 Å². The van der Waals surface area contributed by atoms with Gasteiger partial charge in [0.05, 0.1) is 11.4 Å². The number of anilines is 2. The Morgan fingerprint density at radius 3 is 2.74 bits per heavy atom. The van der Waals surface area contributed by atoms with Crippen LogP contribution in [0, 0.1) is 0 Å². The molecule has 2 N–H and O–H groups in total. The van der Waals surface area contributed by atoms with Crippen LogP contribution < -0.4 is 15.5 Å². The van der Waals surface area contributed by atoms with E-state index in [1.54, 1.807) is 6.07 Å². The Balaban J connectivity index is 1.69. The molecule has 2 saturated heterocycles. The highest BCUT2D eigenvalue weighted by Gasteiger charge is 2.23. The summed E-state index contributed by atoms with van der Waals surface area (Å²) in [5, 5.41) is 6.42. The Morgan fingerprint density at radius 1 is 1.26 bits per heavy atom. The topological polar surface area (TPSA) is 61.4 Å². The van der Waals surface area contributed by atoms with Crippen LogP contribution in [0.15, 0.2) is 18.2 Å². The van der Waals surface area contributed by atoms with Crippen molar-refractivity contribution in [2.45, 2.75) is 31.7 Å². The monoisotopic (exact) mass is 355 g/mol. The number of piperidine rings is 1. The van der Waals surface area contributed by atoms with Crippen LogP contribution in [0.4, 0.5) is 16.2 Å². The maximum Gasteiger partial charge on any atom is 0.319 e. The molecule has 23 heavy (non-hydrogen) atoms. The predicted molar refractivity (Wildman–Crippen MR) is 96.0 cm³/mol. The number of urea groups is 1. The molecule has 0 aliphatic carbocycles. The first-order valence-electron chi connectivity index (χ1n) is 8.09. The fourth-order valence-electron chi connectivity index (χ4n) is 3.14. The lowest BCUT2D eigenvalue weighted by molar-refractivity contribution is 0.249. The van der Waals surface area contributed by atoms with E-state index in [0.29, 0.717) is 16.5 Å². The van der Waals surface area contributed by atoms with Gasteiger partial charge in [-0.05, 0) is 43.9 Å². The molecule has 0 aromatic heterocycles. The number of amides is 2. The van der Waals surface area contributed by atoms with E-state index in [1.165, 1.54) is 19.3 Å². The summed E-state index contributed by atoms with van der Waals surface area (Å²) in [6.07, 6.45) is 4.37. The second kappa shape index (κ2) is 7.53. The zero-order valence-electron chi connectivity index (χ0n) is 13.0. The molecule has 5 nitrogen and oxygen atoms in total. The Kier molecular flexibility index (Phi) is 5.43. The predicted octanol–water partition coefficient (Wildman–Crippen LogP) is 2.97. The fraction of sp³-hybridized carbons (Fsp3) is 0.562. The van der Waals surface area contributed by atoms with Crippen molar-refractivity contribution >= 4 is 39.8 Å². The zero-order chi connectivity index (χ0) is 16.2. The normalized spacial score (nSPS) is 24.5. The van der Waals surface area contributed by atoms with Gasteiger partial charge in [0.25, 0.3) is 0 Å². The van der Waals surface area contributed by atoms with Crippen molar-refractivity contribution in [1.29, 1.82) is 0 Å². The van der Waals surface area contributed by atoms with Gasteiger partial charge in [0.2, 0.25) is 0 Å². The number of hydrogen-bond acceptors (Lipinski definition) is 3. The minimum atomic E-state index is -0.800. The minimum Gasteiger partial charge on any atom is -0.370 e. The SMILES string of the molecule is O=C(Nc1cc(Cl)ccc1N1CCCCC1)N[C@@H]1CC[S@](=O)C1. The van der Waals surface area contributed by atoms with E-state index in [0.717, 1.165) is 30.9 Å². The van der Waals surface area contributed by atoms with Crippen molar-refractivity contribution in [2.75, 3.05) is 34.8 Å². The Bertz CT molecular complexity index is 605. The number of carbonyl (C=O) groups is 1. The van der Waals surface area contributed by atoms with E-state index >= 15 is 0 Å². The van der Waals surface area contributed by atoms with E-state index in [-0.39, 0.29) is 12.1 Å². The molecule has 2 heterocycles. The highest BCUT2D eigenvalue weighted by atomic mass is 35.5. The van der Waals surface area contributed by atoms with E-state index in [4.69, 9.17) is 11.6 Å². The second-order valence-corrected chi connectivity index (χ2v) is 8.16. The summed E-state index contributed by atoms with van der Waals surface area (Å²) in [4.78, 5) is 14.5. The van der Waals surface area contributed by atoms with Crippen molar-refractivity contribution in [3.63, 3.8) is 0 Å². The average Bonchev–Trinajstić information content (AvgIpc) is 2.93. The molecule has 0 bridgehead atoms. The summed E-state index contributed by atoms with van der Waals surface area (Å²) < 4.78 is 11.4. The van der Waals surface area contributed by atoms with E-state index < -0.39 is 10.8 Å². The third-order valence-electron chi connectivity index (χ3n) is 4.32. The molecule has 2 fully saturated rings. The molecular formula is C16H22ClN3O2S. The molecule has 2 atom stereocenters. The number of halogens is 1. The zero-order valence-corrected chi connectivity index (χ0v) is 14.6. The number of benzene rings is 1. The van der Waals surface area contributed by atoms with Gasteiger partial charge >= 0.3 is 6.03 Å². The van der Waals surface area contributed by atoms with Gasteiger partial charge in [-0.2, -0.15) is 0 Å². The second-order valence-electron chi connectivity index (χ2n) is 6.10. The molecule has 0 radical (unpaired) electrons.